The van der Waals surface area contributed by atoms with Crippen LogP contribution in [0.25, 0.3) is 10.8 Å². The largest absolute Gasteiger partial charge is 0.445 e. The van der Waals surface area contributed by atoms with Gasteiger partial charge in [-0.1, -0.05) is 72.8 Å². The first-order valence-corrected chi connectivity index (χ1v) is 13.7. The maximum Gasteiger partial charge on any atom is 0.408 e. The Morgan fingerprint density at radius 3 is 2.41 bits per heavy atom. The second kappa shape index (κ2) is 13.1. The van der Waals surface area contributed by atoms with Gasteiger partial charge in [-0.2, -0.15) is 0 Å². The van der Waals surface area contributed by atoms with Crippen LogP contribution in [-0.4, -0.2) is 46.4 Å². The number of carbonyl (C=O) groups excluding carboxylic acids is 3. The number of nitrogens with one attached hydrogen (secondary N) is 2. The summed E-state index contributed by atoms with van der Waals surface area (Å²) < 4.78 is 5.40. The number of hydrogen-bond donors (Lipinski definition) is 3. The predicted octanol–water partition coefficient (Wildman–Crippen LogP) is 3.84. The van der Waals surface area contributed by atoms with Gasteiger partial charge in [0.1, 0.15) is 24.9 Å². The average Bonchev–Trinajstić information content (AvgIpc) is 3.50. The van der Waals surface area contributed by atoms with Crippen LogP contribution in [0.5, 0.6) is 0 Å². The van der Waals surface area contributed by atoms with Gasteiger partial charge < -0.3 is 26.0 Å². The Hall–Kier alpha value is -4.76. The van der Waals surface area contributed by atoms with Crippen LogP contribution in [0.15, 0.2) is 97.3 Å². The van der Waals surface area contributed by atoms with E-state index in [1.54, 1.807) is 17.3 Å². The first kappa shape index (κ1) is 27.8. The molecule has 210 valence electrons. The molecular formula is C32H33N5O4. The van der Waals surface area contributed by atoms with Crippen LogP contribution in [-0.2, 0) is 27.4 Å². The van der Waals surface area contributed by atoms with E-state index in [9.17, 15) is 14.4 Å². The normalized spacial score (nSPS) is 16.1. The Morgan fingerprint density at radius 2 is 1.66 bits per heavy atom. The zero-order valence-corrected chi connectivity index (χ0v) is 22.6. The highest BCUT2D eigenvalue weighted by Gasteiger charge is 2.38. The van der Waals surface area contributed by atoms with Crippen LogP contribution in [0.3, 0.4) is 0 Å². The Morgan fingerprint density at radius 1 is 0.927 bits per heavy atom. The minimum atomic E-state index is -0.906. The van der Waals surface area contributed by atoms with E-state index in [4.69, 9.17) is 10.5 Å². The second-order valence-corrected chi connectivity index (χ2v) is 10.1. The number of nitrogens with two attached hydrogens (primary N) is 1. The van der Waals surface area contributed by atoms with E-state index in [0.717, 1.165) is 27.5 Å². The molecule has 3 aromatic carbocycles. The summed E-state index contributed by atoms with van der Waals surface area (Å²) in [6, 6.07) is 24.7. The number of rotatable bonds is 9. The number of nitrogens with zero attached hydrogens (tertiary/aromatic N) is 2. The maximum atomic E-state index is 13.8. The molecular weight excluding hydrogens is 518 g/mol. The van der Waals surface area contributed by atoms with Crippen molar-refractivity contribution in [2.45, 2.75) is 44.1 Å². The van der Waals surface area contributed by atoms with E-state index < -0.39 is 24.3 Å². The summed E-state index contributed by atoms with van der Waals surface area (Å²) in [6.07, 6.45) is 3.46. The zero-order chi connectivity index (χ0) is 28.6. The van der Waals surface area contributed by atoms with Crippen LogP contribution < -0.4 is 16.4 Å². The SMILES string of the molecule is N[C@@H](NC(=O)C1CCCN1C(=O)C(Cc1ccccc1)NC(=O)OCc1ccccc1)c1ccc2cnccc2c1. The summed E-state index contributed by atoms with van der Waals surface area (Å²) >= 11 is 0. The van der Waals surface area contributed by atoms with Crippen molar-refractivity contribution in [3.05, 3.63) is 114 Å². The molecule has 41 heavy (non-hydrogen) atoms. The lowest BCUT2D eigenvalue weighted by molar-refractivity contribution is -0.140. The first-order chi connectivity index (χ1) is 20.0. The van der Waals surface area contributed by atoms with Crippen molar-refractivity contribution in [3.8, 4) is 0 Å². The Labute approximate surface area is 238 Å². The minimum Gasteiger partial charge on any atom is -0.445 e. The van der Waals surface area contributed by atoms with Gasteiger partial charge in [0, 0.05) is 30.7 Å². The molecule has 1 aromatic heterocycles. The third-order valence-electron chi connectivity index (χ3n) is 7.25. The fraction of sp³-hybridized carbons (Fsp3) is 0.250. The molecule has 9 heteroatoms. The van der Waals surface area contributed by atoms with Crippen LogP contribution in [0, 0.1) is 0 Å². The summed E-state index contributed by atoms with van der Waals surface area (Å²) in [5, 5.41) is 7.55. The number of ether oxygens (including phenoxy) is 1. The van der Waals surface area contributed by atoms with Gasteiger partial charge in [0.2, 0.25) is 11.8 Å². The van der Waals surface area contributed by atoms with Crippen LogP contribution in [0.4, 0.5) is 4.79 Å². The lowest BCUT2D eigenvalue weighted by atomic mass is 10.0. The molecule has 0 saturated carbocycles. The number of amides is 3. The molecule has 3 atom stereocenters. The number of hydrogen-bond acceptors (Lipinski definition) is 6. The van der Waals surface area contributed by atoms with Gasteiger partial charge in [0.05, 0.1) is 0 Å². The van der Waals surface area contributed by atoms with E-state index in [2.05, 4.69) is 15.6 Å². The first-order valence-electron chi connectivity index (χ1n) is 13.7. The van der Waals surface area contributed by atoms with Crippen molar-refractivity contribution in [1.29, 1.82) is 0 Å². The fourth-order valence-corrected chi connectivity index (χ4v) is 5.09. The van der Waals surface area contributed by atoms with Crippen molar-refractivity contribution in [2.24, 2.45) is 5.73 Å². The Kier molecular flexibility index (Phi) is 8.85. The van der Waals surface area contributed by atoms with Gasteiger partial charge in [-0.05, 0) is 47.1 Å². The number of carbonyl (C=O) groups is 3. The van der Waals surface area contributed by atoms with Crippen molar-refractivity contribution >= 4 is 28.7 Å². The minimum absolute atomic E-state index is 0.0802. The molecule has 1 fully saturated rings. The van der Waals surface area contributed by atoms with Gasteiger partial charge >= 0.3 is 6.09 Å². The maximum absolute atomic E-state index is 13.8. The van der Waals surface area contributed by atoms with E-state index >= 15 is 0 Å². The number of aromatic nitrogens is 1. The molecule has 2 unspecified atom stereocenters. The lowest BCUT2D eigenvalue weighted by Crippen LogP contribution is -2.55. The summed E-state index contributed by atoms with van der Waals surface area (Å²) in [4.78, 5) is 45.6. The Bertz CT molecular complexity index is 1500. The number of benzene rings is 3. The zero-order valence-electron chi connectivity index (χ0n) is 22.6. The molecule has 1 aliphatic heterocycles. The van der Waals surface area contributed by atoms with Crippen LogP contribution >= 0.6 is 0 Å². The molecule has 0 spiro atoms. The monoisotopic (exact) mass is 551 g/mol. The molecule has 0 radical (unpaired) electrons. The van der Waals surface area contributed by atoms with Crippen molar-refractivity contribution in [3.63, 3.8) is 0 Å². The number of pyridine rings is 1. The lowest BCUT2D eigenvalue weighted by Gasteiger charge is -2.29. The van der Waals surface area contributed by atoms with E-state index in [1.807, 2.05) is 84.9 Å². The highest BCUT2D eigenvalue weighted by Crippen LogP contribution is 2.22. The summed E-state index contributed by atoms with van der Waals surface area (Å²) in [5.74, 6) is -0.668. The van der Waals surface area contributed by atoms with Crippen molar-refractivity contribution < 1.29 is 19.1 Å². The fourth-order valence-electron chi connectivity index (χ4n) is 5.09. The second-order valence-electron chi connectivity index (χ2n) is 10.1. The molecule has 0 bridgehead atoms. The van der Waals surface area contributed by atoms with Crippen molar-refractivity contribution in [1.82, 2.24) is 20.5 Å². The Balaban J connectivity index is 1.27. The third kappa shape index (κ3) is 7.06. The van der Waals surface area contributed by atoms with Crippen molar-refractivity contribution in [2.75, 3.05) is 6.54 Å². The van der Waals surface area contributed by atoms with Gasteiger partial charge in [-0.3, -0.25) is 14.6 Å². The van der Waals surface area contributed by atoms with Gasteiger partial charge in [-0.15, -0.1) is 0 Å². The molecule has 4 aromatic rings. The summed E-state index contributed by atoms with van der Waals surface area (Å²) in [7, 11) is 0. The summed E-state index contributed by atoms with van der Waals surface area (Å²) in [5.41, 5.74) is 8.82. The van der Waals surface area contributed by atoms with Crippen LogP contribution in [0.1, 0.15) is 35.7 Å². The number of fused-ring (bicyclic) bond motifs is 1. The molecule has 3 amide bonds. The molecule has 1 aliphatic rings. The number of alkyl carbamates (subject to hydrolysis) is 1. The highest BCUT2D eigenvalue weighted by molar-refractivity contribution is 5.92. The number of likely N-dealkylation sites (tertiary alicyclic amines) is 1. The van der Waals surface area contributed by atoms with E-state index in [1.165, 1.54) is 0 Å². The molecule has 0 aliphatic carbocycles. The average molecular weight is 552 g/mol. The molecule has 2 heterocycles. The molecule has 5 rings (SSSR count). The molecule has 4 N–H and O–H groups in total. The van der Waals surface area contributed by atoms with Gasteiger partial charge in [-0.25, -0.2) is 4.79 Å². The predicted molar refractivity (Wildman–Crippen MR) is 155 cm³/mol. The molecule has 9 nitrogen and oxygen atoms in total. The van der Waals surface area contributed by atoms with E-state index in [-0.39, 0.29) is 24.8 Å². The third-order valence-corrected chi connectivity index (χ3v) is 7.25. The van der Waals surface area contributed by atoms with Gasteiger partial charge in [0.25, 0.3) is 0 Å². The highest BCUT2D eigenvalue weighted by atomic mass is 16.5. The van der Waals surface area contributed by atoms with Crippen LogP contribution in [0.2, 0.25) is 0 Å². The quantitative estimate of drug-likeness (QED) is 0.271. The topological polar surface area (TPSA) is 127 Å². The van der Waals surface area contributed by atoms with E-state index in [0.29, 0.717) is 19.4 Å². The standard InChI is InChI=1S/C32H33N5O4/c33-29(25-13-14-26-20-34-16-15-24(26)19-25)36-30(38)28-12-7-17-37(28)31(39)27(18-22-8-3-1-4-9-22)35-32(40)41-21-23-10-5-2-6-11-23/h1-6,8-11,13-16,19-20,27-29H,7,12,17-18,21,33H2,(H,35,40)(H,36,38)/t27?,28?,29-/m0/s1. The summed E-state index contributed by atoms with van der Waals surface area (Å²) in [6.45, 7) is 0.484. The molecule has 1 saturated heterocycles. The van der Waals surface area contributed by atoms with Gasteiger partial charge in [0.15, 0.2) is 0 Å². The smallest absolute Gasteiger partial charge is 0.408 e.